The molecule has 0 aliphatic heterocycles. The molecule has 2 aromatic rings. The van der Waals surface area contributed by atoms with E-state index >= 15 is 0 Å². The highest BCUT2D eigenvalue weighted by Crippen LogP contribution is 2.25. The van der Waals surface area contributed by atoms with Crippen molar-refractivity contribution in [2.24, 2.45) is 0 Å². The summed E-state index contributed by atoms with van der Waals surface area (Å²) in [5.74, 6) is 0.859. The number of anilines is 1. The number of aromatic nitrogens is 1. The van der Waals surface area contributed by atoms with Gasteiger partial charge in [-0.25, -0.2) is 4.98 Å². The Morgan fingerprint density at radius 3 is 2.59 bits per heavy atom. The van der Waals surface area contributed by atoms with Crippen LogP contribution >= 0.6 is 43.6 Å². The number of nitrogens with zero attached hydrogens (tertiary/aromatic N) is 1. The molecule has 5 heteroatoms. The van der Waals surface area contributed by atoms with E-state index in [0.29, 0.717) is 0 Å². The van der Waals surface area contributed by atoms with Gasteiger partial charge in [0, 0.05) is 26.6 Å². The van der Waals surface area contributed by atoms with Crippen LogP contribution in [0.5, 0.6) is 0 Å². The van der Waals surface area contributed by atoms with Gasteiger partial charge < -0.3 is 5.73 Å². The molecule has 2 rings (SSSR count). The Hall–Kier alpha value is -0.520. The Kier molecular flexibility index (Phi) is 4.48. The Balaban J connectivity index is 2.04. The minimum atomic E-state index is 0.777. The standard InChI is InChI=1S/C12H10Br2N2S/c13-9-1-2-12(16-6-9)17-7-8-3-10(14)5-11(15)4-8/h1-6H,7,15H2. The molecule has 2 nitrogen and oxygen atoms in total. The fraction of sp³-hybridized carbons (Fsp3) is 0.0833. The number of hydrogen-bond acceptors (Lipinski definition) is 3. The maximum atomic E-state index is 5.79. The molecule has 0 bridgehead atoms. The summed E-state index contributed by atoms with van der Waals surface area (Å²) in [4.78, 5) is 4.31. The molecule has 0 radical (unpaired) electrons. The minimum Gasteiger partial charge on any atom is -0.399 e. The van der Waals surface area contributed by atoms with Crippen molar-refractivity contribution < 1.29 is 0 Å². The molecule has 88 valence electrons. The highest BCUT2D eigenvalue weighted by Gasteiger charge is 2.00. The van der Waals surface area contributed by atoms with Crippen LogP contribution in [0, 0.1) is 0 Å². The maximum absolute atomic E-state index is 5.79. The average molecular weight is 374 g/mol. The summed E-state index contributed by atoms with van der Waals surface area (Å²) in [6.07, 6.45) is 1.80. The van der Waals surface area contributed by atoms with Crippen LogP contribution in [0.1, 0.15) is 5.56 Å². The summed E-state index contributed by atoms with van der Waals surface area (Å²) in [6.45, 7) is 0. The van der Waals surface area contributed by atoms with E-state index in [1.54, 1.807) is 18.0 Å². The third kappa shape index (κ3) is 4.01. The first-order valence-corrected chi connectivity index (χ1v) is 7.50. The molecular weight excluding hydrogens is 364 g/mol. The van der Waals surface area contributed by atoms with Gasteiger partial charge in [0.15, 0.2) is 0 Å². The van der Waals surface area contributed by atoms with E-state index in [1.807, 2.05) is 24.3 Å². The second-order valence-electron chi connectivity index (χ2n) is 3.50. The summed E-state index contributed by atoms with van der Waals surface area (Å²) < 4.78 is 2.01. The predicted molar refractivity (Wildman–Crippen MR) is 80.1 cm³/mol. The van der Waals surface area contributed by atoms with Gasteiger partial charge in [0.25, 0.3) is 0 Å². The number of thioether (sulfide) groups is 1. The largest absolute Gasteiger partial charge is 0.399 e. The molecule has 17 heavy (non-hydrogen) atoms. The zero-order valence-electron chi connectivity index (χ0n) is 8.86. The monoisotopic (exact) mass is 372 g/mol. The lowest BCUT2D eigenvalue weighted by molar-refractivity contribution is 1.12. The van der Waals surface area contributed by atoms with Gasteiger partial charge in [-0.15, -0.1) is 11.8 Å². The minimum absolute atomic E-state index is 0.777. The van der Waals surface area contributed by atoms with Crippen molar-refractivity contribution in [3.05, 3.63) is 51.0 Å². The zero-order chi connectivity index (χ0) is 12.3. The van der Waals surface area contributed by atoms with Crippen LogP contribution in [0.4, 0.5) is 5.69 Å². The van der Waals surface area contributed by atoms with Gasteiger partial charge in [-0.2, -0.15) is 0 Å². The Morgan fingerprint density at radius 2 is 1.94 bits per heavy atom. The lowest BCUT2D eigenvalue weighted by atomic mass is 10.2. The van der Waals surface area contributed by atoms with E-state index in [9.17, 15) is 0 Å². The molecule has 2 N–H and O–H groups in total. The van der Waals surface area contributed by atoms with Gasteiger partial charge in [-0.3, -0.25) is 0 Å². The van der Waals surface area contributed by atoms with Crippen molar-refractivity contribution in [1.82, 2.24) is 4.98 Å². The van der Waals surface area contributed by atoms with E-state index < -0.39 is 0 Å². The number of nitrogens with two attached hydrogens (primary N) is 1. The molecule has 1 heterocycles. The van der Waals surface area contributed by atoms with Crippen LogP contribution < -0.4 is 5.73 Å². The predicted octanol–water partition coefficient (Wildman–Crippen LogP) is 4.48. The first-order valence-electron chi connectivity index (χ1n) is 4.93. The summed E-state index contributed by atoms with van der Waals surface area (Å²) in [5, 5.41) is 1.01. The molecule has 0 aliphatic rings. The van der Waals surface area contributed by atoms with Gasteiger partial charge >= 0.3 is 0 Å². The van der Waals surface area contributed by atoms with Crippen LogP contribution in [0.3, 0.4) is 0 Å². The molecule has 0 amide bonds. The molecule has 0 saturated carbocycles. The number of pyridine rings is 1. The van der Waals surface area contributed by atoms with Gasteiger partial charge in [0.1, 0.15) is 0 Å². The van der Waals surface area contributed by atoms with Gasteiger partial charge in [-0.05, 0) is 51.8 Å². The molecule has 0 unspecified atom stereocenters. The van der Waals surface area contributed by atoms with Crippen LogP contribution in [-0.4, -0.2) is 4.98 Å². The summed E-state index contributed by atoms with van der Waals surface area (Å²) >= 11 is 8.49. The van der Waals surface area contributed by atoms with Crippen LogP contribution in [0.2, 0.25) is 0 Å². The van der Waals surface area contributed by atoms with E-state index in [0.717, 1.165) is 25.4 Å². The summed E-state index contributed by atoms with van der Waals surface area (Å²) in [5.41, 5.74) is 7.75. The number of nitrogen functional groups attached to an aromatic ring is 1. The molecule has 0 fully saturated rings. The lowest BCUT2D eigenvalue weighted by Gasteiger charge is -2.04. The van der Waals surface area contributed by atoms with Gasteiger partial charge in [-0.1, -0.05) is 15.9 Å². The smallest absolute Gasteiger partial charge is 0.0963 e. The van der Waals surface area contributed by atoms with E-state index in [4.69, 9.17) is 5.73 Å². The van der Waals surface area contributed by atoms with E-state index in [1.165, 1.54) is 5.56 Å². The molecule has 0 spiro atoms. The van der Waals surface area contributed by atoms with Crippen molar-refractivity contribution in [1.29, 1.82) is 0 Å². The number of rotatable bonds is 3. The first kappa shape index (κ1) is 12.9. The van der Waals surface area contributed by atoms with Crippen LogP contribution in [0.25, 0.3) is 0 Å². The fourth-order valence-corrected chi connectivity index (χ4v) is 2.93. The molecule has 0 saturated heterocycles. The molecule has 0 atom stereocenters. The number of benzene rings is 1. The zero-order valence-corrected chi connectivity index (χ0v) is 12.8. The normalized spacial score (nSPS) is 10.5. The SMILES string of the molecule is Nc1cc(Br)cc(CSc2ccc(Br)cn2)c1. The highest BCUT2D eigenvalue weighted by molar-refractivity contribution is 9.10. The van der Waals surface area contributed by atoms with Crippen molar-refractivity contribution in [2.45, 2.75) is 10.8 Å². The number of hydrogen-bond donors (Lipinski definition) is 1. The Bertz CT molecular complexity index is 494. The average Bonchev–Trinajstić information content (AvgIpc) is 2.27. The van der Waals surface area contributed by atoms with Gasteiger partial charge in [0.2, 0.25) is 0 Å². The van der Waals surface area contributed by atoms with E-state index in [2.05, 4.69) is 42.9 Å². The van der Waals surface area contributed by atoms with Crippen LogP contribution in [0.15, 0.2) is 50.5 Å². The van der Waals surface area contributed by atoms with Crippen molar-refractivity contribution in [3.63, 3.8) is 0 Å². The third-order valence-corrected chi connectivity index (χ3v) is 4.01. The topological polar surface area (TPSA) is 38.9 Å². The Morgan fingerprint density at radius 1 is 1.12 bits per heavy atom. The lowest BCUT2D eigenvalue weighted by Crippen LogP contribution is -1.88. The van der Waals surface area contributed by atoms with Crippen molar-refractivity contribution >= 4 is 49.3 Å². The molecular formula is C12H10Br2N2S. The van der Waals surface area contributed by atoms with Gasteiger partial charge in [0.05, 0.1) is 5.03 Å². The Labute approximate surface area is 121 Å². The van der Waals surface area contributed by atoms with Crippen molar-refractivity contribution in [2.75, 3.05) is 5.73 Å². The molecule has 0 aliphatic carbocycles. The number of halogens is 2. The maximum Gasteiger partial charge on any atom is 0.0963 e. The highest BCUT2D eigenvalue weighted by atomic mass is 79.9. The third-order valence-electron chi connectivity index (χ3n) is 2.07. The van der Waals surface area contributed by atoms with E-state index in [-0.39, 0.29) is 0 Å². The summed E-state index contributed by atoms with van der Waals surface area (Å²) in [7, 11) is 0. The van der Waals surface area contributed by atoms with Crippen LogP contribution in [-0.2, 0) is 5.75 Å². The molecule has 1 aromatic carbocycles. The quantitative estimate of drug-likeness (QED) is 0.636. The first-order chi connectivity index (χ1) is 8.13. The van der Waals surface area contributed by atoms with Crippen molar-refractivity contribution in [3.8, 4) is 0 Å². The second kappa shape index (κ2) is 5.89. The molecule has 1 aromatic heterocycles. The second-order valence-corrected chi connectivity index (χ2v) is 6.32. The summed E-state index contributed by atoms with van der Waals surface area (Å²) in [6, 6.07) is 9.94. The fourth-order valence-electron chi connectivity index (χ4n) is 1.36.